The minimum atomic E-state index is -4.00. The van der Waals surface area contributed by atoms with Gasteiger partial charge in [0.25, 0.3) is 22.4 Å². The zero-order valence-electron chi connectivity index (χ0n) is 15.9. The maximum Gasteiger partial charge on any atom is 0.264 e. The summed E-state index contributed by atoms with van der Waals surface area (Å²) in [5.41, 5.74) is 0.330. The molecule has 6 nitrogen and oxygen atoms in total. The summed E-state index contributed by atoms with van der Waals surface area (Å²) in [6.07, 6.45) is -2.73. The number of nitrogens with zero attached hydrogens (tertiary/aromatic N) is 2. The molecule has 10 heteroatoms. The number of hydrogen-bond donors (Lipinski definition) is 0. The number of alkyl halides is 2. The van der Waals surface area contributed by atoms with Gasteiger partial charge in [-0.2, -0.15) is 0 Å². The summed E-state index contributed by atoms with van der Waals surface area (Å²) in [6.45, 7) is -0.741. The number of sulfonamides is 1. The smallest absolute Gasteiger partial charge is 0.264 e. The molecule has 0 unspecified atom stereocenters. The molecule has 0 aliphatic carbocycles. The quantitative estimate of drug-likeness (QED) is 0.591. The number of benzene rings is 2. The van der Waals surface area contributed by atoms with E-state index in [1.807, 2.05) is 0 Å². The lowest BCUT2D eigenvalue weighted by Gasteiger charge is -2.23. The molecule has 29 heavy (non-hydrogen) atoms. The Labute approximate surface area is 173 Å². The lowest BCUT2D eigenvalue weighted by Crippen LogP contribution is -2.37. The Balaban J connectivity index is 2.34. The Hall–Kier alpha value is -2.23. The minimum absolute atomic E-state index is 0.0117. The number of carbonyl (C=O) groups is 1. The molecular formula is C19H21ClF2N2O4S. The van der Waals surface area contributed by atoms with Gasteiger partial charge in [0.15, 0.2) is 0 Å². The first-order chi connectivity index (χ1) is 13.7. The van der Waals surface area contributed by atoms with E-state index >= 15 is 0 Å². The van der Waals surface area contributed by atoms with E-state index < -0.39 is 28.9 Å². The molecule has 0 saturated carbocycles. The van der Waals surface area contributed by atoms with E-state index in [4.69, 9.17) is 16.3 Å². The van der Waals surface area contributed by atoms with E-state index in [2.05, 4.69) is 0 Å². The number of ether oxygens (including phenoxy) is 1. The molecule has 2 aromatic rings. The molecule has 0 fully saturated rings. The molecule has 0 aromatic heterocycles. The first-order valence-electron chi connectivity index (χ1n) is 8.57. The Morgan fingerprint density at radius 3 is 2.48 bits per heavy atom. The molecule has 2 aromatic carbocycles. The molecule has 0 atom stereocenters. The van der Waals surface area contributed by atoms with Crippen molar-refractivity contribution in [3.05, 3.63) is 59.1 Å². The van der Waals surface area contributed by atoms with Crippen LogP contribution < -0.4 is 4.31 Å². The Kier molecular flexibility index (Phi) is 7.95. The summed E-state index contributed by atoms with van der Waals surface area (Å²) in [5, 5.41) is 0.370. The van der Waals surface area contributed by atoms with Crippen molar-refractivity contribution in [3.63, 3.8) is 0 Å². The number of methoxy groups -OCH3 is 1. The average molecular weight is 447 g/mol. The van der Waals surface area contributed by atoms with Crippen LogP contribution in [0.3, 0.4) is 0 Å². The fraction of sp³-hybridized carbons (Fsp3) is 0.316. The zero-order valence-corrected chi connectivity index (χ0v) is 17.5. The molecule has 0 heterocycles. The van der Waals surface area contributed by atoms with Crippen LogP contribution in [0, 0.1) is 0 Å². The normalized spacial score (nSPS) is 11.5. The van der Waals surface area contributed by atoms with Crippen molar-refractivity contribution in [3.8, 4) is 0 Å². The lowest BCUT2D eigenvalue weighted by molar-refractivity contribution is 0.0478. The van der Waals surface area contributed by atoms with E-state index in [0.717, 1.165) is 9.21 Å². The minimum Gasteiger partial charge on any atom is -0.383 e. The number of halogens is 3. The number of amides is 1. The second-order valence-corrected chi connectivity index (χ2v) is 8.52. The number of rotatable bonds is 9. The monoisotopic (exact) mass is 446 g/mol. The number of anilines is 1. The molecule has 0 spiro atoms. The van der Waals surface area contributed by atoms with E-state index in [0.29, 0.717) is 10.7 Å². The Bertz CT molecular complexity index is 957. The highest BCUT2D eigenvalue weighted by molar-refractivity contribution is 7.92. The van der Waals surface area contributed by atoms with Crippen molar-refractivity contribution in [1.82, 2.24) is 4.90 Å². The van der Waals surface area contributed by atoms with Crippen molar-refractivity contribution < 1.29 is 26.7 Å². The van der Waals surface area contributed by atoms with Crippen molar-refractivity contribution in [2.45, 2.75) is 11.3 Å². The van der Waals surface area contributed by atoms with Gasteiger partial charge in [0.05, 0.1) is 23.7 Å². The number of carbonyl (C=O) groups excluding carboxylic acids is 1. The summed E-state index contributed by atoms with van der Waals surface area (Å²) < 4.78 is 57.5. The highest BCUT2D eigenvalue weighted by Crippen LogP contribution is 2.25. The van der Waals surface area contributed by atoms with Crippen molar-refractivity contribution in [2.75, 3.05) is 38.2 Å². The average Bonchev–Trinajstić information content (AvgIpc) is 2.69. The third kappa shape index (κ3) is 5.88. The predicted molar refractivity (Wildman–Crippen MR) is 107 cm³/mol. The van der Waals surface area contributed by atoms with Crippen LogP contribution in [-0.4, -0.2) is 59.5 Å². The van der Waals surface area contributed by atoms with Crippen LogP contribution in [0.15, 0.2) is 53.4 Å². The SMILES string of the molecule is COCCN(CC(F)F)C(=O)c1cccc(S(=O)(=O)N(C)c2cccc(Cl)c2)c1. The first-order valence-corrected chi connectivity index (χ1v) is 10.4. The fourth-order valence-electron chi connectivity index (χ4n) is 2.58. The zero-order chi connectivity index (χ0) is 21.6. The van der Waals surface area contributed by atoms with Gasteiger partial charge < -0.3 is 9.64 Å². The summed E-state index contributed by atoms with van der Waals surface area (Å²) in [6, 6.07) is 11.6. The fourth-order valence-corrected chi connectivity index (χ4v) is 4.00. The van der Waals surface area contributed by atoms with Gasteiger partial charge in [0.2, 0.25) is 0 Å². The molecule has 0 aliphatic rings. The lowest BCUT2D eigenvalue weighted by atomic mass is 10.2. The van der Waals surface area contributed by atoms with E-state index in [1.54, 1.807) is 18.2 Å². The second-order valence-electron chi connectivity index (χ2n) is 6.12. The molecule has 0 aliphatic heterocycles. The largest absolute Gasteiger partial charge is 0.383 e. The number of hydrogen-bond acceptors (Lipinski definition) is 4. The maximum absolute atomic E-state index is 13.0. The molecule has 2 rings (SSSR count). The van der Waals surface area contributed by atoms with Crippen LogP contribution in [0.25, 0.3) is 0 Å². The van der Waals surface area contributed by atoms with Gasteiger partial charge >= 0.3 is 0 Å². The van der Waals surface area contributed by atoms with Gasteiger partial charge in [0.1, 0.15) is 0 Å². The van der Waals surface area contributed by atoms with Crippen molar-refractivity contribution in [1.29, 1.82) is 0 Å². The Morgan fingerprint density at radius 1 is 1.17 bits per heavy atom. The highest BCUT2D eigenvalue weighted by Gasteiger charge is 2.25. The van der Waals surface area contributed by atoms with Crippen LogP contribution in [0.5, 0.6) is 0 Å². The standard InChI is InChI=1S/C19H21ClF2N2O4S/c1-23(16-7-4-6-15(20)12-16)29(26,27)17-8-3-5-14(11-17)19(25)24(9-10-28-2)13-18(21)22/h3-8,11-12,18H,9-10,13H2,1-2H3. The summed E-state index contributed by atoms with van der Waals surface area (Å²) in [5.74, 6) is -0.704. The van der Waals surface area contributed by atoms with Gasteiger partial charge in [-0.3, -0.25) is 9.10 Å². The molecule has 1 amide bonds. The molecule has 0 bridgehead atoms. The van der Waals surface area contributed by atoms with Gasteiger partial charge in [-0.25, -0.2) is 17.2 Å². The van der Waals surface area contributed by atoms with Crippen LogP contribution >= 0.6 is 11.6 Å². The summed E-state index contributed by atoms with van der Waals surface area (Å²) in [4.78, 5) is 13.4. The molecule has 0 saturated heterocycles. The molecule has 0 N–H and O–H groups in total. The topological polar surface area (TPSA) is 66.9 Å². The molecule has 0 radical (unpaired) electrons. The van der Waals surface area contributed by atoms with Gasteiger partial charge in [-0.05, 0) is 36.4 Å². The van der Waals surface area contributed by atoms with Crippen LogP contribution in [0.1, 0.15) is 10.4 Å². The van der Waals surface area contributed by atoms with Crippen LogP contribution in [0.2, 0.25) is 5.02 Å². The van der Waals surface area contributed by atoms with Crippen LogP contribution in [-0.2, 0) is 14.8 Å². The van der Waals surface area contributed by atoms with Crippen molar-refractivity contribution >= 4 is 33.2 Å². The third-order valence-corrected chi connectivity index (χ3v) is 6.14. The second kappa shape index (κ2) is 10.00. The summed E-state index contributed by atoms with van der Waals surface area (Å²) >= 11 is 5.93. The van der Waals surface area contributed by atoms with E-state index in [-0.39, 0.29) is 23.6 Å². The molecule has 158 valence electrons. The highest BCUT2D eigenvalue weighted by atomic mass is 35.5. The Morgan fingerprint density at radius 2 is 1.86 bits per heavy atom. The third-order valence-electron chi connectivity index (χ3n) is 4.12. The maximum atomic E-state index is 13.0. The first kappa shape index (κ1) is 23.1. The van der Waals surface area contributed by atoms with Gasteiger partial charge in [0, 0.05) is 31.3 Å². The summed E-state index contributed by atoms with van der Waals surface area (Å²) in [7, 11) is -1.25. The molecular weight excluding hydrogens is 426 g/mol. The van der Waals surface area contributed by atoms with Crippen LogP contribution in [0.4, 0.5) is 14.5 Å². The predicted octanol–water partition coefficient (Wildman–Crippen LogP) is 3.52. The van der Waals surface area contributed by atoms with E-state index in [9.17, 15) is 22.0 Å². The van der Waals surface area contributed by atoms with E-state index in [1.165, 1.54) is 44.5 Å². The van der Waals surface area contributed by atoms with Crippen molar-refractivity contribution in [2.24, 2.45) is 0 Å². The van der Waals surface area contributed by atoms with Gasteiger partial charge in [-0.1, -0.05) is 23.7 Å². The van der Waals surface area contributed by atoms with Gasteiger partial charge in [-0.15, -0.1) is 0 Å².